The fourth-order valence-corrected chi connectivity index (χ4v) is 1.68. The molecule has 1 amide bonds. The maximum atomic E-state index is 12.0. The zero-order valence-electron chi connectivity index (χ0n) is 10.8. The lowest BCUT2D eigenvalue weighted by Crippen LogP contribution is -2.36. The van der Waals surface area contributed by atoms with Gasteiger partial charge < -0.3 is 10.7 Å². The minimum Gasteiger partial charge on any atom is -0.349 e. The van der Waals surface area contributed by atoms with Gasteiger partial charge in [-0.05, 0) is 18.9 Å². The van der Waals surface area contributed by atoms with Crippen molar-refractivity contribution in [1.82, 2.24) is 10.3 Å². The molecule has 0 bridgehead atoms. The maximum Gasteiger partial charge on any atom is 0.253 e. The Kier molecular flexibility index (Phi) is 5.37. The van der Waals surface area contributed by atoms with Crippen LogP contribution in [0.4, 0.5) is 5.82 Å². The second-order valence-electron chi connectivity index (χ2n) is 4.35. The van der Waals surface area contributed by atoms with Crippen molar-refractivity contribution in [1.29, 1.82) is 0 Å². The molecule has 0 aromatic carbocycles. The van der Waals surface area contributed by atoms with E-state index in [0.717, 1.165) is 6.42 Å². The number of carbonyl (C=O) groups excluding carboxylic acids is 1. The van der Waals surface area contributed by atoms with E-state index < -0.39 is 0 Å². The second kappa shape index (κ2) is 6.56. The molecular weight excluding hydrogens is 252 g/mol. The van der Waals surface area contributed by atoms with Crippen LogP contribution >= 0.6 is 11.6 Å². The molecular formula is C12H19ClN4O. The Morgan fingerprint density at radius 3 is 2.72 bits per heavy atom. The van der Waals surface area contributed by atoms with E-state index in [1.165, 1.54) is 6.20 Å². The van der Waals surface area contributed by atoms with Crippen LogP contribution < -0.4 is 16.6 Å². The van der Waals surface area contributed by atoms with Crippen molar-refractivity contribution < 1.29 is 4.79 Å². The third-order valence-electron chi connectivity index (χ3n) is 3.10. The molecule has 1 aromatic rings. The molecule has 0 saturated heterocycles. The lowest BCUT2D eigenvalue weighted by Gasteiger charge is -2.19. The molecule has 18 heavy (non-hydrogen) atoms. The van der Waals surface area contributed by atoms with Crippen LogP contribution in [0.1, 0.15) is 37.6 Å². The number of aromatic nitrogens is 1. The van der Waals surface area contributed by atoms with Crippen LogP contribution in [0.5, 0.6) is 0 Å². The lowest BCUT2D eigenvalue weighted by atomic mass is 10.0. The number of hydrogen-bond acceptors (Lipinski definition) is 4. The van der Waals surface area contributed by atoms with E-state index in [4.69, 9.17) is 17.4 Å². The van der Waals surface area contributed by atoms with E-state index in [9.17, 15) is 4.79 Å². The Hall–Kier alpha value is -1.33. The van der Waals surface area contributed by atoms with Gasteiger partial charge in [0, 0.05) is 12.2 Å². The zero-order chi connectivity index (χ0) is 13.7. The molecule has 1 aromatic heterocycles. The second-order valence-corrected chi connectivity index (χ2v) is 4.75. The SMILES string of the molecule is CCC(C)C(C)NC(=O)c1cnc(NN)c(Cl)c1. The Morgan fingerprint density at radius 1 is 1.56 bits per heavy atom. The van der Waals surface area contributed by atoms with Crippen molar-refractivity contribution >= 4 is 23.3 Å². The van der Waals surface area contributed by atoms with Crippen molar-refractivity contribution in [2.24, 2.45) is 11.8 Å². The highest BCUT2D eigenvalue weighted by Gasteiger charge is 2.15. The van der Waals surface area contributed by atoms with Crippen LogP contribution in [0, 0.1) is 5.92 Å². The zero-order valence-corrected chi connectivity index (χ0v) is 11.6. The summed E-state index contributed by atoms with van der Waals surface area (Å²) >= 11 is 5.91. The number of amides is 1. The van der Waals surface area contributed by atoms with Gasteiger partial charge in [-0.2, -0.15) is 0 Å². The summed E-state index contributed by atoms with van der Waals surface area (Å²) in [6.07, 6.45) is 2.45. The molecule has 100 valence electrons. The van der Waals surface area contributed by atoms with Crippen LogP contribution in [-0.2, 0) is 0 Å². The van der Waals surface area contributed by atoms with Crippen molar-refractivity contribution in [2.75, 3.05) is 5.43 Å². The first-order chi connectivity index (χ1) is 8.49. The summed E-state index contributed by atoms with van der Waals surface area (Å²) in [5.74, 6) is 5.81. The number of nitrogen functional groups attached to an aromatic ring is 1. The third kappa shape index (κ3) is 3.58. The molecule has 2 unspecified atom stereocenters. The first kappa shape index (κ1) is 14.7. The van der Waals surface area contributed by atoms with Gasteiger partial charge in [0.05, 0.1) is 10.6 Å². The van der Waals surface area contributed by atoms with Gasteiger partial charge in [0.1, 0.15) is 0 Å². The van der Waals surface area contributed by atoms with E-state index in [0.29, 0.717) is 22.3 Å². The van der Waals surface area contributed by atoms with Crippen LogP contribution in [0.3, 0.4) is 0 Å². The molecule has 0 fully saturated rings. The standard InChI is InChI=1S/C12H19ClN4O/c1-4-7(2)8(3)16-12(18)9-5-10(13)11(17-14)15-6-9/h5-8H,4,14H2,1-3H3,(H,15,17)(H,16,18). The molecule has 5 nitrogen and oxygen atoms in total. The highest BCUT2D eigenvalue weighted by Crippen LogP contribution is 2.19. The van der Waals surface area contributed by atoms with Gasteiger partial charge in [0.2, 0.25) is 0 Å². The van der Waals surface area contributed by atoms with Crippen LogP contribution in [0.2, 0.25) is 5.02 Å². The summed E-state index contributed by atoms with van der Waals surface area (Å²) in [5, 5.41) is 3.24. The molecule has 0 spiro atoms. The van der Waals surface area contributed by atoms with Crippen molar-refractivity contribution in [3.05, 3.63) is 22.8 Å². The minimum absolute atomic E-state index is 0.105. The first-order valence-electron chi connectivity index (χ1n) is 5.92. The number of rotatable bonds is 5. The molecule has 0 aliphatic carbocycles. The third-order valence-corrected chi connectivity index (χ3v) is 3.38. The number of nitrogens with two attached hydrogens (primary N) is 1. The van der Waals surface area contributed by atoms with E-state index in [1.54, 1.807) is 6.07 Å². The molecule has 1 rings (SSSR count). The average Bonchev–Trinajstić information content (AvgIpc) is 2.37. The Morgan fingerprint density at radius 2 is 2.22 bits per heavy atom. The molecule has 6 heteroatoms. The summed E-state index contributed by atoms with van der Waals surface area (Å²) in [5.41, 5.74) is 2.78. The molecule has 0 aliphatic heterocycles. The monoisotopic (exact) mass is 270 g/mol. The predicted octanol–water partition coefficient (Wildman–Crippen LogP) is 2.19. The summed E-state index contributed by atoms with van der Waals surface area (Å²) in [6, 6.07) is 1.65. The number of pyridine rings is 1. The van der Waals surface area contributed by atoms with Gasteiger partial charge in [0.25, 0.3) is 5.91 Å². The molecule has 0 saturated carbocycles. The largest absolute Gasteiger partial charge is 0.349 e. The topological polar surface area (TPSA) is 80.0 Å². The molecule has 4 N–H and O–H groups in total. The summed E-state index contributed by atoms with van der Waals surface area (Å²) < 4.78 is 0. The Balaban J connectivity index is 2.76. The number of anilines is 1. The van der Waals surface area contributed by atoms with Gasteiger partial charge in [-0.15, -0.1) is 0 Å². The number of nitrogens with zero attached hydrogens (tertiary/aromatic N) is 1. The highest BCUT2D eigenvalue weighted by molar-refractivity contribution is 6.33. The lowest BCUT2D eigenvalue weighted by molar-refractivity contribution is 0.0928. The highest BCUT2D eigenvalue weighted by atomic mass is 35.5. The van der Waals surface area contributed by atoms with Gasteiger partial charge >= 0.3 is 0 Å². The van der Waals surface area contributed by atoms with Crippen molar-refractivity contribution in [3.63, 3.8) is 0 Å². The quantitative estimate of drug-likeness (QED) is 0.566. The Labute approximate surface area is 112 Å². The van der Waals surface area contributed by atoms with E-state index in [1.807, 2.05) is 6.92 Å². The predicted molar refractivity (Wildman–Crippen MR) is 73.4 cm³/mol. The maximum absolute atomic E-state index is 12.0. The molecule has 2 atom stereocenters. The number of hydrogen-bond donors (Lipinski definition) is 3. The van der Waals surface area contributed by atoms with Crippen molar-refractivity contribution in [3.8, 4) is 0 Å². The average molecular weight is 271 g/mol. The number of carbonyl (C=O) groups is 1. The molecule has 0 aliphatic rings. The first-order valence-corrected chi connectivity index (χ1v) is 6.30. The fraction of sp³-hybridized carbons (Fsp3) is 0.500. The summed E-state index contributed by atoms with van der Waals surface area (Å²) in [6.45, 7) is 6.17. The number of nitrogens with one attached hydrogen (secondary N) is 2. The number of hydrazine groups is 1. The van der Waals surface area contributed by atoms with Gasteiger partial charge in [-0.3, -0.25) is 4.79 Å². The normalized spacial score (nSPS) is 13.8. The molecule has 0 radical (unpaired) electrons. The fourth-order valence-electron chi connectivity index (χ4n) is 1.45. The van der Waals surface area contributed by atoms with Gasteiger partial charge in [-0.25, -0.2) is 10.8 Å². The smallest absolute Gasteiger partial charge is 0.253 e. The van der Waals surface area contributed by atoms with Crippen LogP contribution in [0.25, 0.3) is 0 Å². The number of halogens is 1. The van der Waals surface area contributed by atoms with Crippen molar-refractivity contribution in [2.45, 2.75) is 33.2 Å². The summed E-state index contributed by atoms with van der Waals surface area (Å²) in [4.78, 5) is 15.9. The van der Waals surface area contributed by atoms with E-state index in [2.05, 4.69) is 29.6 Å². The van der Waals surface area contributed by atoms with Crippen LogP contribution in [0.15, 0.2) is 12.3 Å². The van der Waals surface area contributed by atoms with Crippen LogP contribution in [-0.4, -0.2) is 16.9 Å². The van der Waals surface area contributed by atoms with Gasteiger partial charge in [-0.1, -0.05) is 31.9 Å². The molecule has 1 heterocycles. The van der Waals surface area contributed by atoms with Gasteiger partial charge in [0.15, 0.2) is 5.82 Å². The Bertz CT molecular complexity index is 425. The van der Waals surface area contributed by atoms with E-state index in [-0.39, 0.29) is 11.9 Å². The van der Waals surface area contributed by atoms with E-state index >= 15 is 0 Å². The summed E-state index contributed by atoms with van der Waals surface area (Å²) in [7, 11) is 0. The minimum atomic E-state index is -0.180.